The Morgan fingerprint density at radius 1 is 1.25 bits per heavy atom. The summed E-state index contributed by atoms with van der Waals surface area (Å²) in [7, 11) is 6.07. The van der Waals surface area contributed by atoms with Gasteiger partial charge in [-0.1, -0.05) is 36.3 Å². The van der Waals surface area contributed by atoms with Gasteiger partial charge in [0, 0.05) is 29.4 Å². The van der Waals surface area contributed by atoms with E-state index in [1.165, 1.54) is 18.5 Å². The SMILES string of the molecule is [B]c1ccccc1C(=C)/C=C(/CNc1nc(C)cc(Nc2cc(C3CC3)[nH]n2)n1)OCC. The van der Waals surface area contributed by atoms with Gasteiger partial charge >= 0.3 is 0 Å². The van der Waals surface area contributed by atoms with Crippen LogP contribution in [0.2, 0.25) is 0 Å². The summed E-state index contributed by atoms with van der Waals surface area (Å²) in [6.45, 7) is 8.96. The lowest BCUT2D eigenvalue weighted by molar-refractivity contribution is 0.228. The van der Waals surface area contributed by atoms with Gasteiger partial charge in [-0.25, -0.2) is 4.98 Å². The first kappa shape index (κ1) is 21.7. The molecule has 1 aliphatic rings. The number of nitrogens with one attached hydrogen (secondary N) is 3. The third kappa shape index (κ3) is 5.57. The average molecular weight is 426 g/mol. The van der Waals surface area contributed by atoms with Crippen molar-refractivity contribution in [3.63, 3.8) is 0 Å². The molecule has 2 heterocycles. The number of aromatic nitrogens is 4. The molecule has 8 heteroatoms. The van der Waals surface area contributed by atoms with Gasteiger partial charge in [0.25, 0.3) is 0 Å². The van der Waals surface area contributed by atoms with Crippen molar-refractivity contribution in [2.24, 2.45) is 0 Å². The van der Waals surface area contributed by atoms with E-state index in [9.17, 15) is 0 Å². The normalized spacial score (nSPS) is 13.6. The van der Waals surface area contributed by atoms with Gasteiger partial charge in [0.1, 0.15) is 19.4 Å². The van der Waals surface area contributed by atoms with Gasteiger partial charge in [0.2, 0.25) is 5.95 Å². The molecule has 1 saturated carbocycles. The van der Waals surface area contributed by atoms with Crippen molar-refractivity contribution in [1.29, 1.82) is 0 Å². The molecular formula is C24H27BN6O. The fourth-order valence-corrected chi connectivity index (χ4v) is 3.40. The topological polar surface area (TPSA) is 87.8 Å². The van der Waals surface area contributed by atoms with Crippen molar-refractivity contribution >= 4 is 36.5 Å². The zero-order valence-electron chi connectivity index (χ0n) is 18.5. The molecule has 1 fully saturated rings. The third-order valence-corrected chi connectivity index (χ3v) is 5.12. The number of hydrogen-bond acceptors (Lipinski definition) is 6. The zero-order chi connectivity index (χ0) is 22.5. The van der Waals surface area contributed by atoms with Gasteiger partial charge in [-0.05, 0) is 43.9 Å². The minimum atomic E-state index is 0.413. The van der Waals surface area contributed by atoms with Gasteiger partial charge in [-0.3, -0.25) is 5.10 Å². The van der Waals surface area contributed by atoms with Crippen LogP contribution in [-0.4, -0.2) is 41.2 Å². The van der Waals surface area contributed by atoms with Crippen LogP contribution in [0.3, 0.4) is 0 Å². The van der Waals surface area contributed by atoms with E-state index in [4.69, 9.17) is 12.6 Å². The summed E-state index contributed by atoms with van der Waals surface area (Å²) >= 11 is 0. The lowest BCUT2D eigenvalue weighted by Crippen LogP contribution is -2.12. The maximum Gasteiger partial charge on any atom is 0.225 e. The van der Waals surface area contributed by atoms with E-state index in [0.717, 1.165) is 28.4 Å². The number of anilines is 3. The van der Waals surface area contributed by atoms with Crippen LogP contribution in [0.4, 0.5) is 17.6 Å². The second-order valence-electron chi connectivity index (χ2n) is 7.84. The number of hydrogen-bond donors (Lipinski definition) is 3. The molecule has 162 valence electrons. The second-order valence-corrected chi connectivity index (χ2v) is 7.84. The summed E-state index contributed by atoms with van der Waals surface area (Å²) in [5.74, 6) is 3.27. The fraction of sp³-hybridized carbons (Fsp3) is 0.292. The largest absolute Gasteiger partial charge is 0.496 e. The van der Waals surface area contributed by atoms with Gasteiger partial charge in [0.15, 0.2) is 5.82 Å². The maximum absolute atomic E-state index is 6.07. The Hall–Kier alpha value is -3.55. The number of aromatic amines is 1. The number of aryl methyl sites for hydroxylation is 1. The van der Waals surface area contributed by atoms with Crippen LogP contribution in [0.15, 0.2) is 54.8 Å². The molecule has 2 radical (unpaired) electrons. The Morgan fingerprint density at radius 3 is 2.81 bits per heavy atom. The first-order valence-corrected chi connectivity index (χ1v) is 10.8. The van der Waals surface area contributed by atoms with E-state index in [-0.39, 0.29) is 0 Å². The zero-order valence-corrected chi connectivity index (χ0v) is 18.5. The number of benzene rings is 1. The molecule has 3 aromatic rings. The Morgan fingerprint density at radius 2 is 2.06 bits per heavy atom. The first-order valence-electron chi connectivity index (χ1n) is 10.8. The quantitative estimate of drug-likeness (QED) is 0.258. The van der Waals surface area contributed by atoms with Crippen LogP contribution in [0.5, 0.6) is 0 Å². The molecule has 1 aromatic carbocycles. The summed E-state index contributed by atoms with van der Waals surface area (Å²) in [6, 6.07) is 11.6. The summed E-state index contributed by atoms with van der Waals surface area (Å²) in [6.07, 6.45) is 4.34. The lowest BCUT2D eigenvalue weighted by atomic mass is 9.87. The Balaban J connectivity index is 1.44. The molecule has 0 amide bonds. The Kier molecular flexibility index (Phi) is 6.59. The maximum atomic E-state index is 6.07. The van der Waals surface area contributed by atoms with E-state index < -0.39 is 0 Å². The standard InChI is InChI=1S/C24H27BN6O/c1-4-32-18(11-15(2)19-7-5-6-8-20(19)25)14-26-24-27-16(3)12-22(29-24)28-23-13-21(30-31-23)17-9-10-17/h5-8,11-13,17H,2,4,9-10,14H2,1,3H3,(H3,26,27,28,29,30,31)/b18-11-. The lowest BCUT2D eigenvalue weighted by Gasteiger charge is -2.13. The molecule has 7 nitrogen and oxygen atoms in total. The van der Waals surface area contributed by atoms with E-state index in [0.29, 0.717) is 36.3 Å². The predicted octanol–water partition coefficient (Wildman–Crippen LogP) is 3.97. The fourth-order valence-electron chi connectivity index (χ4n) is 3.40. The molecule has 0 spiro atoms. The summed E-state index contributed by atoms with van der Waals surface area (Å²) in [5.41, 5.74) is 4.35. The van der Waals surface area contributed by atoms with Crippen LogP contribution < -0.4 is 16.1 Å². The Bertz CT molecular complexity index is 1140. The number of ether oxygens (including phenoxy) is 1. The first-order chi connectivity index (χ1) is 15.5. The van der Waals surface area contributed by atoms with Gasteiger partial charge in [0.05, 0.1) is 13.2 Å². The van der Waals surface area contributed by atoms with E-state index in [1.807, 2.05) is 56.3 Å². The molecule has 0 saturated heterocycles. The van der Waals surface area contributed by atoms with Crippen LogP contribution >= 0.6 is 0 Å². The van der Waals surface area contributed by atoms with Crippen LogP contribution in [0.1, 0.15) is 42.6 Å². The highest BCUT2D eigenvalue weighted by molar-refractivity contribution is 6.34. The summed E-state index contributed by atoms with van der Waals surface area (Å²) in [4.78, 5) is 9.06. The molecule has 0 aliphatic heterocycles. The highest BCUT2D eigenvalue weighted by atomic mass is 16.5. The van der Waals surface area contributed by atoms with E-state index in [1.54, 1.807) is 0 Å². The summed E-state index contributed by atoms with van der Waals surface area (Å²) in [5, 5.41) is 13.9. The van der Waals surface area contributed by atoms with Crippen LogP contribution in [0, 0.1) is 6.92 Å². The van der Waals surface area contributed by atoms with Crippen LogP contribution in [0.25, 0.3) is 5.57 Å². The third-order valence-electron chi connectivity index (χ3n) is 5.12. The van der Waals surface area contributed by atoms with Crippen molar-refractivity contribution in [3.8, 4) is 0 Å². The van der Waals surface area contributed by atoms with Crippen molar-refractivity contribution in [2.75, 3.05) is 23.8 Å². The van der Waals surface area contributed by atoms with Crippen molar-refractivity contribution in [2.45, 2.75) is 32.6 Å². The smallest absolute Gasteiger partial charge is 0.225 e. The highest BCUT2D eigenvalue weighted by Gasteiger charge is 2.25. The van der Waals surface area contributed by atoms with Crippen LogP contribution in [-0.2, 0) is 4.74 Å². The molecule has 0 atom stereocenters. The molecule has 3 N–H and O–H groups in total. The number of allylic oxidation sites excluding steroid dienone is 2. The average Bonchev–Trinajstić information content (AvgIpc) is 3.51. The monoisotopic (exact) mass is 426 g/mol. The highest BCUT2D eigenvalue weighted by Crippen LogP contribution is 2.39. The Labute approximate surface area is 189 Å². The van der Waals surface area contributed by atoms with Crippen molar-refractivity contribution in [1.82, 2.24) is 20.2 Å². The molecule has 0 unspecified atom stereocenters. The van der Waals surface area contributed by atoms with Crippen molar-refractivity contribution in [3.05, 3.63) is 71.8 Å². The molecule has 2 aromatic heterocycles. The molecule has 1 aliphatic carbocycles. The molecule has 4 rings (SSSR count). The van der Waals surface area contributed by atoms with Gasteiger partial charge < -0.3 is 15.4 Å². The van der Waals surface area contributed by atoms with E-state index >= 15 is 0 Å². The predicted molar refractivity (Wildman–Crippen MR) is 130 cm³/mol. The van der Waals surface area contributed by atoms with Gasteiger partial charge in [-0.2, -0.15) is 10.1 Å². The number of H-pyrrole nitrogens is 1. The second kappa shape index (κ2) is 9.72. The molecule has 0 bridgehead atoms. The number of rotatable bonds is 10. The van der Waals surface area contributed by atoms with E-state index in [2.05, 4.69) is 37.4 Å². The minimum Gasteiger partial charge on any atom is -0.496 e. The number of nitrogens with zero attached hydrogens (tertiary/aromatic N) is 3. The summed E-state index contributed by atoms with van der Waals surface area (Å²) < 4.78 is 5.79. The minimum absolute atomic E-state index is 0.413. The van der Waals surface area contributed by atoms with Crippen molar-refractivity contribution < 1.29 is 4.74 Å². The molecule has 32 heavy (non-hydrogen) atoms. The van der Waals surface area contributed by atoms with Gasteiger partial charge in [-0.15, -0.1) is 0 Å². The molecular weight excluding hydrogens is 399 g/mol.